The molecule has 0 aromatic rings. The highest BCUT2D eigenvalue weighted by molar-refractivity contribution is 5.85. The average molecular weight is 202 g/mol. The van der Waals surface area contributed by atoms with Crippen LogP contribution in [0.25, 0.3) is 0 Å². The van der Waals surface area contributed by atoms with Gasteiger partial charge in [-0.15, -0.1) is 0 Å². The van der Waals surface area contributed by atoms with E-state index in [1.54, 1.807) is 0 Å². The van der Waals surface area contributed by atoms with E-state index < -0.39 is 17.6 Å². The van der Waals surface area contributed by atoms with Crippen LogP contribution in [0.15, 0.2) is 0 Å². The summed E-state index contributed by atoms with van der Waals surface area (Å²) >= 11 is 0. The summed E-state index contributed by atoms with van der Waals surface area (Å²) in [5.41, 5.74) is 4.48. The van der Waals surface area contributed by atoms with E-state index in [0.717, 1.165) is 4.90 Å². The van der Waals surface area contributed by atoms with Gasteiger partial charge in [0, 0.05) is 12.6 Å². The van der Waals surface area contributed by atoms with Crippen LogP contribution in [0, 0.1) is 0 Å². The standard InChI is InChI=1S/C8H14N2O4/c1-8(6(11)14-2)3-5(9)4-10(8)7(12)13/h5H,3-4,9H2,1-2H3,(H,12,13). The average Bonchev–Trinajstić information content (AvgIpc) is 2.41. The Morgan fingerprint density at radius 3 is 2.64 bits per heavy atom. The van der Waals surface area contributed by atoms with Gasteiger partial charge in [-0.25, -0.2) is 9.59 Å². The predicted octanol–water partition coefficient (Wildman–Crippen LogP) is -0.371. The first kappa shape index (κ1) is 10.8. The zero-order valence-electron chi connectivity index (χ0n) is 8.19. The number of carboxylic acid groups (broad SMARTS) is 1. The second-order valence-electron chi connectivity index (χ2n) is 3.62. The van der Waals surface area contributed by atoms with Gasteiger partial charge in [0.05, 0.1) is 7.11 Å². The Morgan fingerprint density at radius 1 is 1.64 bits per heavy atom. The highest BCUT2D eigenvalue weighted by atomic mass is 16.5. The van der Waals surface area contributed by atoms with Gasteiger partial charge in [-0.2, -0.15) is 0 Å². The van der Waals surface area contributed by atoms with Gasteiger partial charge in [0.1, 0.15) is 5.54 Å². The van der Waals surface area contributed by atoms with E-state index in [1.807, 2.05) is 0 Å². The Labute approximate surface area is 81.6 Å². The number of rotatable bonds is 1. The Balaban J connectivity index is 2.94. The lowest BCUT2D eigenvalue weighted by Crippen LogP contribution is -2.50. The predicted molar refractivity (Wildman–Crippen MR) is 47.7 cm³/mol. The maximum Gasteiger partial charge on any atom is 0.408 e. The fourth-order valence-corrected chi connectivity index (χ4v) is 1.82. The number of amides is 1. The van der Waals surface area contributed by atoms with Crippen molar-refractivity contribution in [2.75, 3.05) is 13.7 Å². The summed E-state index contributed by atoms with van der Waals surface area (Å²) in [6, 6.07) is -0.310. The number of hydrogen-bond donors (Lipinski definition) is 2. The van der Waals surface area contributed by atoms with Crippen molar-refractivity contribution in [1.29, 1.82) is 0 Å². The molecule has 1 rings (SSSR count). The molecule has 80 valence electrons. The van der Waals surface area contributed by atoms with Gasteiger partial charge >= 0.3 is 12.1 Å². The molecule has 14 heavy (non-hydrogen) atoms. The third-order valence-electron chi connectivity index (χ3n) is 2.53. The summed E-state index contributed by atoms with van der Waals surface area (Å²) in [5.74, 6) is -0.562. The van der Waals surface area contributed by atoms with Crippen LogP contribution < -0.4 is 5.73 Å². The third-order valence-corrected chi connectivity index (χ3v) is 2.53. The van der Waals surface area contributed by atoms with E-state index in [2.05, 4.69) is 4.74 Å². The van der Waals surface area contributed by atoms with Crippen LogP contribution in [0.5, 0.6) is 0 Å². The third kappa shape index (κ3) is 1.52. The normalized spacial score (nSPS) is 31.6. The van der Waals surface area contributed by atoms with E-state index >= 15 is 0 Å². The molecule has 1 heterocycles. The SMILES string of the molecule is COC(=O)C1(C)CC(N)CN1C(=O)O. The van der Waals surface area contributed by atoms with Crippen molar-refractivity contribution in [2.24, 2.45) is 5.73 Å². The second kappa shape index (κ2) is 3.45. The number of methoxy groups -OCH3 is 1. The molecule has 2 unspecified atom stereocenters. The van der Waals surface area contributed by atoms with Gasteiger partial charge in [-0.05, 0) is 13.3 Å². The van der Waals surface area contributed by atoms with Crippen LogP contribution in [0.1, 0.15) is 13.3 Å². The number of esters is 1. The van der Waals surface area contributed by atoms with Crippen molar-refractivity contribution in [1.82, 2.24) is 4.90 Å². The molecular weight excluding hydrogens is 188 g/mol. The second-order valence-corrected chi connectivity index (χ2v) is 3.62. The summed E-state index contributed by atoms with van der Waals surface area (Å²) in [7, 11) is 1.23. The van der Waals surface area contributed by atoms with Gasteiger partial charge in [0.15, 0.2) is 0 Å². The van der Waals surface area contributed by atoms with Crippen LogP contribution in [0.3, 0.4) is 0 Å². The number of ether oxygens (including phenoxy) is 1. The van der Waals surface area contributed by atoms with Gasteiger partial charge in [0.25, 0.3) is 0 Å². The van der Waals surface area contributed by atoms with Gasteiger partial charge in [0.2, 0.25) is 0 Å². The highest BCUT2D eigenvalue weighted by Gasteiger charge is 2.50. The number of carbonyl (C=O) groups is 2. The Hall–Kier alpha value is -1.30. The summed E-state index contributed by atoms with van der Waals surface area (Å²) in [5, 5.41) is 8.87. The van der Waals surface area contributed by atoms with Crippen LogP contribution in [-0.4, -0.2) is 47.3 Å². The quantitative estimate of drug-likeness (QED) is 0.566. The summed E-state index contributed by atoms with van der Waals surface area (Å²) in [6.07, 6.45) is -0.850. The topological polar surface area (TPSA) is 92.9 Å². The zero-order valence-corrected chi connectivity index (χ0v) is 8.19. The highest BCUT2D eigenvalue weighted by Crippen LogP contribution is 2.29. The molecular formula is C8H14N2O4. The van der Waals surface area contributed by atoms with Gasteiger partial charge < -0.3 is 15.6 Å². The van der Waals surface area contributed by atoms with Crippen LogP contribution in [0.4, 0.5) is 4.79 Å². The molecule has 1 saturated heterocycles. The van der Waals surface area contributed by atoms with Gasteiger partial charge in [-0.3, -0.25) is 4.90 Å². The number of carbonyl (C=O) groups excluding carboxylic acids is 1. The van der Waals surface area contributed by atoms with Crippen molar-refractivity contribution in [2.45, 2.75) is 24.9 Å². The molecule has 1 fully saturated rings. The molecule has 0 aliphatic carbocycles. The molecule has 0 bridgehead atoms. The van der Waals surface area contributed by atoms with E-state index in [9.17, 15) is 9.59 Å². The first-order valence-electron chi connectivity index (χ1n) is 4.26. The molecule has 0 radical (unpaired) electrons. The van der Waals surface area contributed by atoms with E-state index in [-0.39, 0.29) is 12.6 Å². The van der Waals surface area contributed by atoms with E-state index in [0.29, 0.717) is 6.42 Å². The largest absolute Gasteiger partial charge is 0.467 e. The molecule has 1 aliphatic rings. The Kier molecular flexibility index (Phi) is 2.66. The zero-order chi connectivity index (χ0) is 10.9. The molecule has 6 heteroatoms. The molecule has 1 amide bonds. The molecule has 3 N–H and O–H groups in total. The van der Waals surface area contributed by atoms with Crippen LogP contribution >= 0.6 is 0 Å². The number of hydrogen-bond acceptors (Lipinski definition) is 4. The van der Waals surface area contributed by atoms with Crippen LogP contribution in [-0.2, 0) is 9.53 Å². The van der Waals surface area contributed by atoms with Crippen molar-refractivity contribution in [3.05, 3.63) is 0 Å². The summed E-state index contributed by atoms with van der Waals surface area (Å²) in [6.45, 7) is 1.70. The maximum atomic E-state index is 11.4. The minimum Gasteiger partial charge on any atom is -0.467 e. The van der Waals surface area contributed by atoms with Crippen molar-refractivity contribution < 1.29 is 19.4 Å². The number of nitrogens with two attached hydrogens (primary N) is 1. The molecule has 0 spiro atoms. The van der Waals surface area contributed by atoms with Crippen LogP contribution in [0.2, 0.25) is 0 Å². The molecule has 2 atom stereocenters. The molecule has 6 nitrogen and oxygen atoms in total. The molecule has 0 saturated carbocycles. The Bertz CT molecular complexity index is 268. The number of likely N-dealkylation sites (tertiary alicyclic amines) is 1. The fourth-order valence-electron chi connectivity index (χ4n) is 1.82. The van der Waals surface area contributed by atoms with E-state index in [1.165, 1.54) is 14.0 Å². The van der Waals surface area contributed by atoms with E-state index in [4.69, 9.17) is 10.8 Å². The Morgan fingerprint density at radius 2 is 2.21 bits per heavy atom. The minimum absolute atomic E-state index is 0.168. The first-order valence-corrected chi connectivity index (χ1v) is 4.26. The van der Waals surface area contributed by atoms with Gasteiger partial charge in [-0.1, -0.05) is 0 Å². The summed E-state index contributed by atoms with van der Waals surface area (Å²) in [4.78, 5) is 23.3. The maximum absolute atomic E-state index is 11.4. The minimum atomic E-state index is -1.15. The smallest absolute Gasteiger partial charge is 0.408 e. The lowest BCUT2D eigenvalue weighted by atomic mass is 9.98. The monoisotopic (exact) mass is 202 g/mol. The van der Waals surface area contributed by atoms with Crippen molar-refractivity contribution >= 4 is 12.1 Å². The van der Waals surface area contributed by atoms with Crippen molar-refractivity contribution in [3.8, 4) is 0 Å². The lowest BCUT2D eigenvalue weighted by molar-refractivity contribution is -0.151. The fraction of sp³-hybridized carbons (Fsp3) is 0.750. The molecule has 0 aromatic carbocycles. The molecule has 1 aliphatic heterocycles. The molecule has 0 aromatic heterocycles. The van der Waals surface area contributed by atoms with Crippen molar-refractivity contribution in [3.63, 3.8) is 0 Å². The summed E-state index contributed by atoms with van der Waals surface area (Å²) < 4.78 is 4.57. The lowest BCUT2D eigenvalue weighted by Gasteiger charge is -2.29. The first-order chi connectivity index (χ1) is 6.41. The number of nitrogens with zero attached hydrogens (tertiary/aromatic N) is 1.